The van der Waals surface area contributed by atoms with Crippen molar-refractivity contribution >= 4 is 0 Å². The predicted molar refractivity (Wildman–Crippen MR) is 81.0 cm³/mol. The van der Waals surface area contributed by atoms with Gasteiger partial charge in [-0.05, 0) is 43.8 Å². The Labute approximate surface area is 114 Å². The van der Waals surface area contributed by atoms with Gasteiger partial charge in [-0.3, -0.25) is 4.90 Å². The van der Waals surface area contributed by atoms with Gasteiger partial charge in [0.05, 0.1) is 0 Å². The van der Waals surface area contributed by atoms with Crippen LogP contribution in [0.5, 0.6) is 0 Å². The number of hydrogen-bond acceptors (Lipinski definition) is 2. The third-order valence-corrected chi connectivity index (χ3v) is 3.89. The van der Waals surface area contributed by atoms with Crippen molar-refractivity contribution < 1.29 is 0 Å². The number of nitrogens with zero attached hydrogens (tertiary/aromatic N) is 1. The van der Waals surface area contributed by atoms with Crippen LogP contribution in [-0.2, 0) is 0 Å². The number of likely N-dealkylation sites (N-methyl/N-ethyl adjacent to an activating group) is 1. The fourth-order valence-corrected chi connectivity index (χ4v) is 2.73. The van der Waals surface area contributed by atoms with E-state index in [1.807, 2.05) is 0 Å². The van der Waals surface area contributed by atoms with E-state index in [1.54, 1.807) is 0 Å². The van der Waals surface area contributed by atoms with Gasteiger partial charge in [0.15, 0.2) is 0 Å². The van der Waals surface area contributed by atoms with Gasteiger partial charge in [-0.2, -0.15) is 0 Å². The lowest BCUT2D eigenvalue weighted by molar-refractivity contribution is 0.203. The lowest BCUT2D eigenvalue weighted by Crippen LogP contribution is -2.37. The Morgan fingerprint density at radius 3 is 2.56 bits per heavy atom. The third-order valence-electron chi connectivity index (χ3n) is 3.89. The summed E-state index contributed by atoms with van der Waals surface area (Å²) in [6, 6.07) is 0.821. The summed E-state index contributed by atoms with van der Waals surface area (Å²) in [5.41, 5.74) is 1.34. The topological polar surface area (TPSA) is 15.3 Å². The van der Waals surface area contributed by atoms with Gasteiger partial charge in [-0.25, -0.2) is 0 Å². The van der Waals surface area contributed by atoms with Crippen LogP contribution in [0.15, 0.2) is 12.2 Å². The highest BCUT2D eigenvalue weighted by Gasteiger charge is 2.22. The third kappa shape index (κ3) is 6.01. The van der Waals surface area contributed by atoms with Crippen LogP contribution < -0.4 is 5.32 Å². The van der Waals surface area contributed by atoms with Crippen LogP contribution in [0.3, 0.4) is 0 Å². The monoisotopic (exact) mass is 252 g/mol. The van der Waals surface area contributed by atoms with Crippen molar-refractivity contribution in [3.8, 4) is 0 Å². The lowest BCUT2D eigenvalue weighted by atomic mass is 10.1. The van der Waals surface area contributed by atoms with Gasteiger partial charge in [0.2, 0.25) is 0 Å². The molecule has 18 heavy (non-hydrogen) atoms. The van der Waals surface area contributed by atoms with Crippen LogP contribution in [0.4, 0.5) is 0 Å². The molecule has 0 aromatic rings. The van der Waals surface area contributed by atoms with Gasteiger partial charge in [0.25, 0.3) is 0 Å². The summed E-state index contributed by atoms with van der Waals surface area (Å²) < 4.78 is 0. The Balaban J connectivity index is 2.40. The second kappa shape index (κ2) is 8.71. The first-order valence-electron chi connectivity index (χ1n) is 7.74. The highest BCUT2D eigenvalue weighted by molar-refractivity contribution is 5.01. The summed E-state index contributed by atoms with van der Waals surface area (Å²) in [5, 5.41) is 3.38. The molecular formula is C16H32N2. The van der Waals surface area contributed by atoms with E-state index in [-0.39, 0.29) is 0 Å². The van der Waals surface area contributed by atoms with Crippen molar-refractivity contribution in [1.82, 2.24) is 10.2 Å². The lowest BCUT2D eigenvalue weighted by Gasteiger charge is -2.30. The normalized spacial score (nSPS) is 16.9. The van der Waals surface area contributed by atoms with E-state index in [0.29, 0.717) is 0 Å². The Hall–Kier alpha value is -0.340. The summed E-state index contributed by atoms with van der Waals surface area (Å²) in [7, 11) is 0. The fourth-order valence-electron chi connectivity index (χ4n) is 2.73. The SMILES string of the molecule is C=C(CNCC)CN(CCC(C)C)C1CCCC1. The minimum atomic E-state index is 0.802. The van der Waals surface area contributed by atoms with Gasteiger partial charge >= 0.3 is 0 Å². The zero-order valence-corrected chi connectivity index (χ0v) is 12.7. The summed E-state index contributed by atoms with van der Waals surface area (Å²) in [6.45, 7) is 15.4. The zero-order chi connectivity index (χ0) is 13.4. The van der Waals surface area contributed by atoms with Crippen molar-refractivity contribution in [1.29, 1.82) is 0 Å². The maximum absolute atomic E-state index is 4.23. The highest BCUT2D eigenvalue weighted by atomic mass is 15.2. The van der Waals surface area contributed by atoms with Crippen molar-refractivity contribution in [2.24, 2.45) is 5.92 Å². The van der Waals surface area contributed by atoms with Gasteiger partial charge in [-0.1, -0.05) is 40.2 Å². The van der Waals surface area contributed by atoms with Gasteiger partial charge in [0.1, 0.15) is 0 Å². The first-order valence-corrected chi connectivity index (χ1v) is 7.74. The van der Waals surface area contributed by atoms with Crippen LogP contribution in [0.25, 0.3) is 0 Å². The molecule has 0 spiro atoms. The minimum Gasteiger partial charge on any atom is -0.313 e. The quantitative estimate of drug-likeness (QED) is 0.632. The molecule has 0 amide bonds. The van der Waals surface area contributed by atoms with Crippen LogP contribution in [0.1, 0.15) is 52.9 Å². The van der Waals surface area contributed by atoms with Crippen molar-refractivity contribution in [3.05, 3.63) is 12.2 Å². The molecule has 2 heteroatoms. The molecule has 0 radical (unpaired) electrons. The smallest absolute Gasteiger partial charge is 0.0205 e. The van der Waals surface area contributed by atoms with Crippen molar-refractivity contribution in [3.63, 3.8) is 0 Å². The molecule has 0 unspecified atom stereocenters. The molecule has 1 aliphatic carbocycles. The number of rotatable bonds is 9. The van der Waals surface area contributed by atoms with Gasteiger partial charge < -0.3 is 5.32 Å². The van der Waals surface area contributed by atoms with E-state index in [1.165, 1.54) is 44.2 Å². The van der Waals surface area contributed by atoms with E-state index in [4.69, 9.17) is 0 Å². The van der Waals surface area contributed by atoms with Crippen LogP contribution in [-0.4, -0.2) is 37.1 Å². The van der Waals surface area contributed by atoms with E-state index in [0.717, 1.165) is 31.6 Å². The van der Waals surface area contributed by atoms with Crippen LogP contribution in [0, 0.1) is 5.92 Å². The zero-order valence-electron chi connectivity index (χ0n) is 12.7. The maximum Gasteiger partial charge on any atom is 0.0205 e. The molecule has 0 heterocycles. The maximum atomic E-state index is 4.23. The Kier molecular flexibility index (Phi) is 7.60. The molecule has 1 saturated carbocycles. The molecule has 106 valence electrons. The summed E-state index contributed by atoms with van der Waals surface area (Å²) in [6.07, 6.45) is 6.94. The largest absolute Gasteiger partial charge is 0.313 e. The van der Waals surface area contributed by atoms with E-state index in [2.05, 4.69) is 37.6 Å². The number of nitrogens with one attached hydrogen (secondary N) is 1. The standard InChI is InChI=1S/C16H32N2/c1-5-17-12-15(4)13-18(11-10-14(2)3)16-8-6-7-9-16/h14,16-17H,4-13H2,1-3H3. The molecule has 1 rings (SSSR count). The van der Waals surface area contributed by atoms with E-state index >= 15 is 0 Å². The molecule has 1 fully saturated rings. The van der Waals surface area contributed by atoms with Gasteiger partial charge in [0, 0.05) is 19.1 Å². The molecule has 0 aromatic carbocycles. The van der Waals surface area contributed by atoms with Gasteiger partial charge in [-0.15, -0.1) is 0 Å². The Morgan fingerprint density at radius 1 is 1.33 bits per heavy atom. The Bertz CT molecular complexity index is 229. The number of hydrogen-bond donors (Lipinski definition) is 1. The summed E-state index contributed by atoms with van der Waals surface area (Å²) in [5.74, 6) is 0.802. The average Bonchev–Trinajstić information content (AvgIpc) is 2.85. The second-order valence-electron chi connectivity index (χ2n) is 6.12. The molecule has 0 bridgehead atoms. The van der Waals surface area contributed by atoms with Crippen molar-refractivity contribution in [2.45, 2.75) is 58.9 Å². The molecule has 1 N–H and O–H groups in total. The van der Waals surface area contributed by atoms with E-state index < -0.39 is 0 Å². The fraction of sp³-hybridized carbons (Fsp3) is 0.875. The van der Waals surface area contributed by atoms with Crippen LogP contribution in [0.2, 0.25) is 0 Å². The first-order chi connectivity index (χ1) is 8.63. The molecule has 2 nitrogen and oxygen atoms in total. The van der Waals surface area contributed by atoms with Crippen molar-refractivity contribution in [2.75, 3.05) is 26.2 Å². The summed E-state index contributed by atoms with van der Waals surface area (Å²) >= 11 is 0. The highest BCUT2D eigenvalue weighted by Crippen LogP contribution is 2.24. The molecule has 0 aliphatic heterocycles. The Morgan fingerprint density at radius 2 is 2.00 bits per heavy atom. The summed E-state index contributed by atoms with van der Waals surface area (Å²) in [4.78, 5) is 2.69. The second-order valence-corrected chi connectivity index (χ2v) is 6.12. The van der Waals surface area contributed by atoms with E-state index in [9.17, 15) is 0 Å². The molecule has 1 aliphatic rings. The first kappa shape index (κ1) is 15.7. The van der Waals surface area contributed by atoms with Crippen LogP contribution >= 0.6 is 0 Å². The molecule has 0 atom stereocenters. The minimum absolute atomic E-state index is 0.802. The molecule has 0 aromatic heterocycles. The molecule has 0 saturated heterocycles. The predicted octanol–water partition coefficient (Wildman–Crippen LogP) is 3.44. The average molecular weight is 252 g/mol. The molecular weight excluding hydrogens is 220 g/mol.